The zero-order valence-electron chi connectivity index (χ0n) is 16.9. The number of carbonyl (C=O) groups is 2. The highest BCUT2D eigenvalue weighted by molar-refractivity contribution is 6.12. The van der Waals surface area contributed by atoms with Crippen molar-refractivity contribution in [1.29, 1.82) is 0 Å². The number of pyridine rings is 1. The Kier molecular flexibility index (Phi) is 4.43. The van der Waals surface area contributed by atoms with Crippen molar-refractivity contribution in [3.63, 3.8) is 0 Å². The Hall–Kier alpha value is -4.14. The monoisotopic (exact) mass is 415 g/mol. The number of anilines is 2. The number of hydrogen-bond acceptors (Lipinski definition) is 5. The van der Waals surface area contributed by atoms with E-state index in [-0.39, 0.29) is 17.2 Å². The lowest BCUT2D eigenvalue weighted by molar-refractivity contribution is 0.0648. The Morgan fingerprint density at radius 1 is 1.13 bits per heavy atom. The summed E-state index contributed by atoms with van der Waals surface area (Å²) in [6, 6.07) is 11.5. The average Bonchev–Trinajstić information content (AvgIpc) is 3.30. The first-order valence-electron chi connectivity index (χ1n) is 9.97. The third-order valence-electron chi connectivity index (χ3n) is 5.47. The number of carbonyl (C=O) groups excluding carboxylic acids is 2. The molecule has 1 saturated heterocycles. The van der Waals surface area contributed by atoms with Crippen molar-refractivity contribution in [2.45, 2.75) is 6.42 Å². The molecule has 1 aliphatic heterocycles. The molecule has 1 aliphatic rings. The number of benzene rings is 1. The summed E-state index contributed by atoms with van der Waals surface area (Å²) in [5.41, 5.74) is 9.91. The van der Waals surface area contributed by atoms with Gasteiger partial charge in [-0.15, -0.1) is 0 Å². The number of hydrogen-bond donors (Lipinski definition) is 2. The molecule has 9 heteroatoms. The SMILES string of the molecule is Cn1ncc(C(=O)N2CCC2)c1C(=O)Nc1cc2nc(-c3ccccc3)cn2cc1N. The van der Waals surface area contributed by atoms with Crippen LogP contribution in [0.5, 0.6) is 0 Å². The minimum absolute atomic E-state index is 0.186. The van der Waals surface area contributed by atoms with Gasteiger partial charge < -0.3 is 20.4 Å². The first-order chi connectivity index (χ1) is 15.0. The van der Waals surface area contributed by atoms with Gasteiger partial charge in [0.25, 0.3) is 11.8 Å². The molecule has 3 aromatic heterocycles. The third kappa shape index (κ3) is 3.29. The fourth-order valence-corrected chi connectivity index (χ4v) is 3.64. The number of rotatable bonds is 4. The first kappa shape index (κ1) is 18.9. The van der Waals surface area contributed by atoms with E-state index in [4.69, 9.17) is 5.73 Å². The van der Waals surface area contributed by atoms with Crippen LogP contribution in [0.15, 0.2) is 55.0 Å². The Morgan fingerprint density at radius 3 is 2.61 bits per heavy atom. The van der Waals surface area contributed by atoms with Gasteiger partial charge in [0.2, 0.25) is 0 Å². The molecule has 31 heavy (non-hydrogen) atoms. The predicted molar refractivity (Wildman–Crippen MR) is 117 cm³/mol. The number of imidazole rings is 1. The second kappa shape index (κ2) is 7.28. The Labute approximate surface area is 178 Å². The summed E-state index contributed by atoms with van der Waals surface area (Å²) in [4.78, 5) is 32.0. The van der Waals surface area contributed by atoms with E-state index >= 15 is 0 Å². The predicted octanol–water partition coefficient (Wildman–Crippen LogP) is 2.42. The van der Waals surface area contributed by atoms with E-state index in [0.29, 0.717) is 30.1 Å². The van der Waals surface area contributed by atoms with E-state index in [2.05, 4.69) is 15.4 Å². The molecule has 0 aliphatic carbocycles. The Bertz CT molecular complexity index is 1300. The molecule has 0 spiro atoms. The highest BCUT2D eigenvalue weighted by Crippen LogP contribution is 2.25. The summed E-state index contributed by atoms with van der Waals surface area (Å²) in [6.45, 7) is 1.39. The standard InChI is InChI=1S/C22H21N7O2/c1-27-20(15(11-24-27)22(31)28-8-5-9-28)21(30)26-17-10-19-25-18(13-29(19)12-16(17)23)14-6-3-2-4-7-14/h2-4,6-7,10-13H,5,8-9,23H2,1H3,(H,26,30). The fourth-order valence-electron chi connectivity index (χ4n) is 3.64. The van der Waals surface area contributed by atoms with Crippen molar-refractivity contribution >= 4 is 28.8 Å². The molecule has 9 nitrogen and oxygen atoms in total. The van der Waals surface area contributed by atoms with Gasteiger partial charge in [0.05, 0.1) is 28.8 Å². The Morgan fingerprint density at radius 2 is 1.90 bits per heavy atom. The number of amides is 2. The molecule has 0 bridgehead atoms. The van der Waals surface area contributed by atoms with Crippen LogP contribution in [0.1, 0.15) is 27.3 Å². The number of nitrogens with zero attached hydrogens (tertiary/aromatic N) is 5. The van der Waals surface area contributed by atoms with Crippen molar-refractivity contribution in [2.24, 2.45) is 7.05 Å². The molecule has 2 amide bonds. The fraction of sp³-hybridized carbons (Fsp3) is 0.182. The molecule has 4 heterocycles. The molecule has 0 atom stereocenters. The summed E-state index contributed by atoms with van der Waals surface area (Å²) in [5, 5.41) is 6.93. The van der Waals surface area contributed by atoms with Gasteiger partial charge in [-0.1, -0.05) is 30.3 Å². The highest BCUT2D eigenvalue weighted by atomic mass is 16.2. The quantitative estimate of drug-likeness (QED) is 0.532. The van der Waals surface area contributed by atoms with Crippen molar-refractivity contribution in [3.05, 3.63) is 66.2 Å². The number of likely N-dealkylation sites (tertiary alicyclic amines) is 1. The third-order valence-corrected chi connectivity index (χ3v) is 5.47. The summed E-state index contributed by atoms with van der Waals surface area (Å²) < 4.78 is 3.22. The molecule has 0 unspecified atom stereocenters. The maximum atomic E-state index is 13.0. The zero-order valence-corrected chi connectivity index (χ0v) is 16.9. The molecule has 1 fully saturated rings. The zero-order chi connectivity index (χ0) is 21.5. The van der Waals surface area contributed by atoms with E-state index in [1.165, 1.54) is 10.9 Å². The van der Waals surface area contributed by atoms with Crippen LogP contribution in [0.25, 0.3) is 16.9 Å². The lowest BCUT2D eigenvalue weighted by Gasteiger charge is -2.30. The van der Waals surface area contributed by atoms with Crippen LogP contribution in [-0.2, 0) is 7.05 Å². The van der Waals surface area contributed by atoms with Gasteiger partial charge in [0.1, 0.15) is 11.3 Å². The van der Waals surface area contributed by atoms with Crippen LogP contribution in [0.2, 0.25) is 0 Å². The van der Waals surface area contributed by atoms with Crippen LogP contribution in [0.4, 0.5) is 11.4 Å². The van der Waals surface area contributed by atoms with Gasteiger partial charge in [-0.3, -0.25) is 14.3 Å². The number of nitrogens with one attached hydrogen (secondary N) is 1. The lowest BCUT2D eigenvalue weighted by atomic mass is 10.1. The minimum Gasteiger partial charge on any atom is -0.396 e. The first-order valence-corrected chi connectivity index (χ1v) is 9.97. The van der Waals surface area contributed by atoms with Gasteiger partial charge in [-0.2, -0.15) is 5.10 Å². The van der Waals surface area contributed by atoms with Crippen molar-refractivity contribution in [3.8, 4) is 11.3 Å². The van der Waals surface area contributed by atoms with Gasteiger partial charge in [0, 0.05) is 44.2 Å². The van der Waals surface area contributed by atoms with Gasteiger partial charge in [-0.25, -0.2) is 4.98 Å². The topological polar surface area (TPSA) is 111 Å². The van der Waals surface area contributed by atoms with Gasteiger partial charge in [-0.05, 0) is 6.42 Å². The Balaban J connectivity index is 1.45. The van der Waals surface area contributed by atoms with Crippen LogP contribution >= 0.6 is 0 Å². The lowest BCUT2D eigenvalue weighted by Crippen LogP contribution is -2.42. The van der Waals surface area contributed by atoms with E-state index in [1.807, 2.05) is 40.9 Å². The van der Waals surface area contributed by atoms with Crippen LogP contribution in [0, 0.1) is 0 Å². The smallest absolute Gasteiger partial charge is 0.274 e. The molecular weight excluding hydrogens is 394 g/mol. The largest absolute Gasteiger partial charge is 0.396 e. The van der Waals surface area contributed by atoms with Crippen LogP contribution in [0.3, 0.4) is 0 Å². The van der Waals surface area contributed by atoms with E-state index in [1.54, 1.807) is 24.2 Å². The molecule has 5 rings (SSSR count). The molecular formula is C22H21N7O2. The van der Waals surface area contributed by atoms with E-state index < -0.39 is 5.91 Å². The normalized spacial score (nSPS) is 13.3. The summed E-state index contributed by atoms with van der Waals surface area (Å²) in [5.74, 6) is -0.636. The number of fused-ring (bicyclic) bond motifs is 1. The van der Waals surface area contributed by atoms with Crippen molar-refractivity contribution < 1.29 is 9.59 Å². The van der Waals surface area contributed by atoms with E-state index in [9.17, 15) is 9.59 Å². The second-order valence-corrected chi connectivity index (χ2v) is 7.53. The van der Waals surface area contributed by atoms with Crippen LogP contribution < -0.4 is 11.1 Å². The molecule has 0 saturated carbocycles. The number of aromatic nitrogens is 4. The molecule has 4 aromatic rings. The second-order valence-electron chi connectivity index (χ2n) is 7.53. The maximum absolute atomic E-state index is 13.0. The average molecular weight is 415 g/mol. The van der Waals surface area contributed by atoms with Crippen molar-refractivity contribution in [1.82, 2.24) is 24.1 Å². The minimum atomic E-state index is -0.449. The maximum Gasteiger partial charge on any atom is 0.274 e. The number of nitrogen functional groups attached to an aromatic ring is 1. The van der Waals surface area contributed by atoms with E-state index in [0.717, 1.165) is 17.7 Å². The molecule has 156 valence electrons. The summed E-state index contributed by atoms with van der Waals surface area (Å²) in [6.07, 6.45) is 6.00. The van der Waals surface area contributed by atoms with Crippen molar-refractivity contribution in [2.75, 3.05) is 24.1 Å². The van der Waals surface area contributed by atoms with Gasteiger partial charge in [0.15, 0.2) is 0 Å². The van der Waals surface area contributed by atoms with Crippen LogP contribution in [-0.4, -0.2) is 49.0 Å². The molecule has 3 N–H and O–H groups in total. The number of nitrogens with two attached hydrogens (primary N) is 1. The molecule has 1 aromatic carbocycles. The van der Waals surface area contributed by atoms with Gasteiger partial charge >= 0.3 is 0 Å². The number of aryl methyl sites for hydroxylation is 1. The highest BCUT2D eigenvalue weighted by Gasteiger charge is 2.29. The summed E-state index contributed by atoms with van der Waals surface area (Å²) >= 11 is 0. The summed E-state index contributed by atoms with van der Waals surface area (Å²) in [7, 11) is 1.63. The molecule has 0 radical (unpaired) electrons.